The van der Waals surface area contributed by atoms with Crippen molar-refractivity contribution in [2.45, 2.75) is 0 Å². The van der Waals surface area contributed by atoms with Crippen LogP contribution in [-0.4, -0.2) is 17.4 Å². The summed E-state index contributed by atoms with van der Waals surface area (Å²) >= 11 is 5.92. The van der Waals surface area contributed by atoms with Gasteiger partial charge in [0.15, 0.2) is 6.61 Å². The van der Waals surface area contributed by atoms with Crippen molar-refractivity contribution in [2.75, 3.05) is 11.9 Å². The maximum Gasteiger partial charge on any atom is 0.292 e. The Kier molecular flexibility index (Phi) is 5.12. The van der Waals surface area contributed by atoms with E-state index in [0.29, 0.717) is 5.56 Å². The number of ether oxygens (including phenoxy) is 1. The molecule has 1 N–H and O–H groups in total. The second kappa shape index (κ2) is 7.24. The number of halogens is 1. The summed E-state index contributed by atoms with van der Waals surface area (Å²) in [6.07, 6.45) is 0. The summed E-state index contributed by atoms with van der Waals surface area (Å²) in [6, 6.07) is 12.1. The lowest BCUT2D eigenvalue weighted by atomic mass is 10.2. The SMILES string of the molecule is N#Cc1ccc(OCC(=O)Nc2ccccc2[N+](=O)[O-])c(Cl)c1. The molecule has 0 saturated carbocycles. The van der Waals surface area contributed by atoms with Gasteiger partial charge in [0.1, 0.15) is 11.4 Å². The molecule has 23 heavy (non-hydrogen) atoms. The molecule has 0 unspecified atom stereocenters. The third-order valence-electron chi connectivity index (χ3n) is 2.79. The Balaban J connectivity index is 2.01. The van der Waals surface area contributed by atoms with Crippen molar-refractivity contribution in [2.24, 2.45) is 0 Å². The van der Waals surface area contributed by atoms with Gasteiger partial charge in [-0.1, -0.05) is 23.7 Å². The molecule has 2 rings (SSSR count). The van der Waals surface area contributed by atoms with Crippen molar-refractivity contribution >= 4 is 28.9 Å². The zero-order chi connectivity index (χ0) is 16.8. The van der Waals surface area contributed by atoms with Gasteiger partial charge in [-0.3, -0.25) is 14.9 Å². The van der Waals surface area contributed by atoms with E-state index in [9.17, 15) is 14.9 Å². The number of rotatable bonds is 5. The molecule has 2 aromatic carbocycles. The molecule has 116 valence electrons. The number of nitriles is 1. The monoisotopic (exact) mass is 331 g/mol. The molecule has 0 bridgehead atoms. The first-order valence-corrected chi connectivity index (χ1v) is 6.75. The van der Waals surface area contributed by atoms with Crippen LogP contribution in [0.25, 0.3) is 0 Å². The zero-order valence-electron chi connectivity index (χ0n) is 11.7. The van der Waals surface area contributed by atoms with Gasteiger partial charge in [0, 0.05) is 6.07 Å². The Morgan fingerprint density at radius 1 is 1.35 bits per heavy atom. The van der Waals surface area contributed by atoms with E-state index in [-0.39, 0.29) is 28.8 Å². The van der Waals surface area contributed by atoms with E-state index in [1.54, 1.807) is 6.07 Å². The van der Waals surface area contributed by atoms with Crippen LogP contribution in [0.5, 0.6) is 5.75 Å². The van der Waals surface area contributed by atoms with Crippen LogP contribution in [-0.2, 0) is 4.79 Å². The number of hydrogen-bond acceptors (Lipinski definition) is 5. The summed E-state index contributed by atoms with van der Waals surface area (Å²) in [5.41, 5.74) is 0.237. The lowest BCUT2D eigenvalue weighted by Gasteiger charge is -2.09. The van der Waals surface area contributed by atoms with Gasteiger partial charge in [-0.25, -0.2) is 0 Å². The summed E-state index contributed by atoms with van der Waals surface area (Å²) in [6.45, 7) is -0.377. The molecule has 0 aromatic heterocycles. The number of benzene rings is 2. The Labute approximate surface area is 136 Å². The first kappa shape index (κ1) is 16.3. The number of nitrogens with zero attached hydrogens (tertiary/aromatic N) is 2. The van der Waals surface area contributed by atoms with Gasteiger partial charge in [-0.2, -0.15) is 5.26 Å². The minimum atomic E-state index is -0.589. The molecule has 2 aromatic rings. The van der Waals surface area contributed by atoms with Gasteiger partial charge < -0.3 is 10.1 Å². The quantitative estimate of drug-likeness (QED) is 0.669. The van der Waals surface area contributed by atoms with E-state index in [2.05, 4.69) is 5.32 Å². The minimum absolute atomic E-state index is 0.0806. The number of nitrogens with one attached hydrogen (secondary N) is 1. The molecule has 0 radical (unpaired) electrons. The standard InChI is InChI=1S/C15H10ClN3O4/c16-11-7-10(8-17)5-6-14(11)23-9-15(20)18-12-3-1-2-4-13(12)19(21)22/h1-7H,9H2,(H,18,20). The molecule has 0 aliphatic heterocycles. The molecule has 0 fully saturated rings. The van der Waals surface area contributed by atoms with Crippen LogP contribution in [0.4, 0.5) is 11.4 Å². The van der Waals surface area contributed by atoms with Crippen LogP contribution in [0.3, 0.4) is 0 Å². The fourth-order valence-corrected chi connectivity index (χ4v) is 1.99. The highest BCUT2D eigenvalue weighted by atomic mass is 35.5. The number of anilines is 1. The summed E-state index contributed by atoms with van der Waals surface area (Å²) in [5, 5.41) is 22.2. The minimum Gasteiger partial charge on any atom is -0.482 e. The fourth-order valence-electron chi connectivity index (χ4n) is 1.76. The summed E-state index contributed by atoms with van der Waals surface area (Å²) < 4.78 is 5.25. The second-order valence-electron chi connectivity index (χ2n) is 4.37. The van der Waals surface area contributed by atoms with Gasteiger partial charge >= 0.3 is 0 Å². The number of nitro groups is 1. The average Bonchev–Trinajstić information content (AvgIpc) is 2.54. The van der Waals surface area contributed by atoms with Crippen molar-refractivity contribution < 1.29 is 14.5 Å². The van der Waals surface area contributed by atoms with Crippen LogP contribution in [0.15, 0.2) is 42.5 Å². The fraction of sp³-hybridized carbons (Fsp3) is 0.0667. The second-order valence-corrected chi connectivity index (χ2v) is 4.78. The Morgan fingerprint density at radius 3 is 2.74 bits per heavy atom. The Bertz CT molecular complexity index is 802. The smallest absolute Gasteiger partial charge is 0.292 e. The normalized spacial score (nSPS) is 9.74. The maximum absolute atomic E-state index is 11.8. The number of carbonyl (C=O) groups excluding carboxylic acids is 1. The van der Waals surface area contributed by atoms with E-state index >= 15 is 0 Å². The summed E-state index contributed by atoms with van der Waals surface area (Å²) in [4.78, 5) is 22.1. The van der Waals surface area contributed by atoms with Crippen molar-refractivity contribution in [1.29, 1.82) is 5.26 Å². The highest BCUT2D eigenvalue weighted by Gasteiger charge is 2.15. The number of carbonyl (C=O) groups is 1. The molecular formula is C15H10ClN3O4. The molecular weight excluding hydrogens is 322 g/mol. The number of para-hydroxylation sites is 2. The van der Waals surface area contributed by atoms with E-state index in [1.165, 1.54) is 36.4 Å². The molecule has 0 spiro atoms. The third-order valence-corrected chi connectivity index (χ3v) is 3.09. The van der Waals surface area contributed by atoms with Gasteiger partial charge in [-0.05, 0) is 24.3 Å². The van der Waals surface area contributed by atoms with Crippen LogP contribution >= 0.6 is 11.6 Å². The number of nitro benzene ring substituents is 1. The van der Waals surface area contributed by atoms with Gasteiger partial charge in [0.2, 0.25) is 0 Å². The van der Waals surface area contributed by atoms with Gasteiger partial charge in [0.25, 0.3) is 11.6 Å². The van der Waals surface area contributed by atoms with Crippen LogP contribution in [0.2, 0.25) is 5.02 Å². The van der Waals surface area contributed by atoms with E-state index in [0.717, 1.165) is 0 Å². The Hall–Kier alpha value is -3.11. The molecule has 0 heterocycles. The van der Waals surface area contributed by atoms with Crippen LogP contribution in [0.1, 0.15) is 5.56 Å². The third kappa shape index (κ3) is 4.18. The lowest BCUT2D eigenvalue weighted by Crippen LogP contribution is -2.20. The van der Waals surface area contributed by atoms with Crippen molar-refractivity contribution in [3.8, 4) is 11.8 Å². The average molecular weight is 332 g/mol. The van der Waals surface area contributed by atoms with E-state index in [1.807, 2.05) is 6.07 Å². The van der Waals surface area contributed by atoms with Crippen molar-refractivity contribution in [3.05, 3.63) is 63.2 Å². The Morgan fingerprint density at radius 2 is 2.09 bits per heavy atom. The van der Waals surface area contributed by atoms with E-state index < -0.39 is 10.8 Å². The first-order chi connectivity index (χ1) is 11.0. The summed E-state index contributed by atoms with van der Waals surface area (Å²) in [5.74, 6) is -0.330. The molecule has 7 nitrogen and oxygen atoms in total. The maximum atomic E-state index is 11.8. The largest absolute Gasteiger partial charge is 0.482 e. The summed E-state index contributed by atoms with van der Waals surface area (Å²) in [7, 11) is 0. The van der Waals surface area contributed by atoms with Gasteiger partial charge in [-0.15, -0.1) is 0 Å². The zero-order valence-corrected chi connectivity index (χ0v) is 12.4. The van der Waals surface area contributed by atoms with Crippen LogP contribution < -0.4 is 10.1 Å². The predicted molar refractivity (Wildman–Crippen MR) is 83.4 cm³/mol. The predicted octanol–water partition coefficient (Wildman–Crippen LogP) is 3.14. The molecule has 8 heteroatoms. The number of hydrogen-bond donors (Lipinski definition) is 1. The van der Waals surface area contributed by atoms with Crippen molar-refractivity contribution in [1.82, 2.24) is 0 Å². The number of amides is 1. The topological polar surface area (TPSA) is 105 Å². The molecule has 0 aliphatic rings. The van der Waals surface area contributed by atoms with Crippen LogP contribution in [0, 0.1) is 21.4 Å². The lowest BCUT2D eigenvalue weighted by molar-refractivity contribution is -0.383. The first-order valence-electron chi connectivity index (χ1n) is 6.37. The van der Waals surface area contributed by atoms with Crippen molar-refractivity contribution in [3.63, 3.8) is 0 Å². The molecule has 0 atom stereocenters. The van der Waals surface area contributed by atoms with Gasteiger partial charge in [0.05, 0.1) is 21.6 Å². The molecule has 1 amide bonds. The highest BCUT2D eigenvalue weighted by molar-refractivity contribution is 6.32. The highest BCUT2D eigenvalue weighted by Crippen LogP contribution is 2.26. The molecule has 0 aliphatic carbocycles. The van der Waals surface area contributed by atoms with E-state index in [4.69, 9.17) is 21.6 Å². The molecule has 0 saturated heterocycles.